The average Bonchev–Trinajstić information content (AvgIpc) is 2.83. The van der Waals surface area contributed by atoms with Gasteiger partial charge in [0.2, 0.25) is 0 Å². The molecule has 1 aromatic heterocycles. The third-order valence-corrected chi connectivity index (χ3v) is 3.33. The molecular weight excluding hydrogens is 234 g/mol. The molecule has 0 bridgehead atoms. The zero-order valence-corrected chi connectivity index (χ0v) is 12.3. The summed E-state index contributed by atoms with van der Waals surface area (Å²) in [5, 5.41) is 4.71. The SMILES string of the molecule is CCc1ccc(-c2nn(C(C)(C)C)cc2CN)cc1. The molecule has 19 heavy (non-hydrogen) atoms. The van der Waals surface area contributed by atoms with E-state index in [2.05, 4.69) is 58.2 Å². The molecule has 102 valence electrons. The third kappa shape index (κ3) is 2.87. The van der Waals surface area contributed by atoms with Gasteiger partial charge >= 0.3 is 0 Å². The van der Waals surface area contributed by atoms with Crippen LogP contribution in [0.2, 0.25) is 0 Å². The van der Waals surface area contributed by atoms with Gasteiger partial charge in [0.15, 0.2) is 0 Å². The highest BCUT2D eigenvalue weighted by Crippen LogP contribution is 2.25. The second-order valence-corrected chi connectivity index (χ2v) is 5.87. The molecule has 0 radical (unpaired) electrons. The maximum Gasteiger partial charge on any atom is 0.0968 e. The Hall–Kier alpha value is -1.61. The summed E-state index contributed by atoms with van der Waals surface area (Å²) >= 11 is 0. The molecule has 0 aliphatic rings. The zero-order chi connectivity index (χ0) is 14.0. The van der Waals surface area contributed by atoms with E-state index in [0.717, 1.165) is 23.2 Å². The normalized spacial score (nSPS) is 11.8. The Morgan fingerprint density at radius 1 is 1.16 bits per heavy atom. The largest absolute Gasteiger partial charge is 0.326 e. The molecule has 2 aromatic rings. The van der Waals surface area contributed by atoms with Crippen molar-refractivity contribution >= 4 is 0 Å². The van der Waals surface area contributed by atoms with Crippen LogP contribution in [-0.4, -0.2) is 9.78 Å². The van der Waals surface area contributed by atoms with Crippen LogP contribution in [0.25, 0.3) is 11.3 Å². The number of nitrogens with two attached hydrogens (primary N) is 1. The van der Waals surface area contributed by atoms with Gasteiger partial charge in [-0.3, -0.25) is 4.68 Å². The highest BCUT2D eigenvalue weighted by Gasteiger charge is 2.18. The molecule has 0 fully saturated rings. The minimum atomic E-state index is -0.0223. The Morgan fingerprint density at radius 3 is 2.26 bits per heavy atom. The predicted octanol–water partition coefficient (Wildman–Crippen LogP) is 3.33. The minimum absolute atomic E-state index is 0.0223. The Labute approximate surface area is 115 Å². The first-order valence-corrected chi connectivity index (χ1v) is 6.84. The third-order valence-electron chi connectivity index (χ3n) is 3.33. The molecule has 0 aliphatic carbocycles. The molecule has 0 saturated heterocycles. The van der Waals surface area contributed by atoms with Crippen molar-refractivity contribution in [1.82, 2.24) is 9.78 Å². The fourth-order valence-electron chi connectivity index (χ4n) is 2.04. The first-order chi connectivity index (χ1) is 8.95. The molecule has 0 unspecified atom stereocenters. The number of hydrogen-bond acceptors (Lipinski definition) is 2. The number of hydrogen-bond donors (Lipinski definition) is 1. The van der Waals surface area contributed by atoms with Crippen LogP contribution < -0.4 is 5.73 Å². The van der Waals surface area contributed by atoms with E-state index in [1.54, 1.807) is 0 Å². The summed E-state index contributed by atoms with van der Waals surface area (Å²) in [7, 11) is 0. The van der Waals surface area contributed by atoms with E-state index in [-0.39, 0.29) is 5.54 Å². The molecule has 3 heteroatoms. The summed E-state index contributed by atoms with van der Waals surface area (Å²) in [6, 6.07) is 8.58. The van der Waals surface area contributed by atoms with Gasteiger partial charge in [0, 0.05) is 23.9 Å². The summed E-state index contributed by atoms with van der Waals surface area (Å²) in [5.74, 6) is 0. The molecular formula is C16H23N3. The highest BCUT2D eigenvalue weighted by molar-refractivity contribution is 5.63. The van der Waals surface area contributed by atoms with Crippen molar-refractivity contribution in [3.63, 3.8) is 0 Å². The summed E-state index contributed by atoms with van der Waals surface area (Å²) in [6.45, 7) is 9.11. The topological polar surface area (TPSA) is 43.8 Å². The summed E-state index contributed by atoms with van der Waals surface area (Å²) < 4.78 is 2.00. The van der Waals surface area contributed by atoms with Crippen LogP contribution in [-0.2, 0) is 18.5 Å². The molecule has 0 amide bonds. The van der Waals surface area contributed by atoms with E-state index in [9.17, 15) is 0 Å². The van der Waals surface area contributed by atoms with Gasteiger partial charge in [0.1, 0.15) is 0 Å². The number of benzene rings is 1. The Morgan fingerprint density at radius 2 is 1.79 bits per heavy atom. The second kappa shape index (κ2) is 5.17. The van der Waals surface area contributed by atoms with E-state index in [1.807, 2.05) is 4.68 Å². The van der Waals surface area contributed by atoms with Crippen LogP contribution in [0, 0.1) is 0 Å². The average molecular weight is 257 g/mol. The summed E-state index contributed by atoms with van der Waals surface area (Å²) in [6.07, 6.45) is 3.11. The van der Waals surface area contributed by atoms with Crippen molar-refractivity contribution < 1.29 is 0 Å². The van der Waals surface area contributed by atoms with Gasteiger partial charge in [-0.1, -0.05) is 31.2 Å². The lowest BCUT2D eigenvalue weighted by molar-refractivity contribution is 0.356. The number of nitrogens with zero attached hydrogens (tertiary/aromatic N) is 2. The van der Waals surface area contributed by atoms with Gasteiger partial charge in [0.25, 0.3) is 0 Å². The predicted molar refractivity (Wildman–Crippen MR) is 79.9 cm³/mol. The van der Waals surface area contributed by atoms with Gasteiger partial charge < -0.3 is 5.73 Å². The van der Waals surface area contributed by atoms with Crippen LogP contribution in [0.3, 0.4) is 0 Å². The quantitative estimate of drug-likeness (QED) is 0.916. The Balaban J connectivity index is 2.45. The van der Waals surface area contributed by atoms with Crippen molar-refractivity contribution in [2.24, 2.45) is 5.73 Å². The van der Waals surface area contributed by atoms with Crippen molar-refractivity contribution in [2.75, 3.05) is 0 Å². The van der Waals surface area contributed by atoms with E-state index < -0.39 is 0 Å². The first kappa shape index (κ1) is 13.8. The molecule has 2 N–H and O–H groups in total. The smallest absolute Gasteiger partial charge is 0.0968 e. The van der Waals surface area contributed by atoms with Crippen LogP contribution in [0.5, 0.6) is 0 Å². The van der Waals surface area contributed by atoms with Crippen molar-refractivity contribution in [3.05, 3.63) is 41.6 Å². The summed E-state index contributed by atoms with van der Waals surface area (Å²) in [5.41, 5.74) is 10.4. The molecule has 0 aliphatic heterocycles. The van der Waals surface area contributed by atoms with E-state index >= 15 is 0 Å². The Bertz CT molecular complexity index is 544. The molecule has 0 atom stereocenters. The standard InChI is InChI=1S/C16H23N3/c1-5-12-6-8-13(9-7-12)15-14(10-17)11-19(18-15)16(2,3)4/h6-9,11H,5,10,17H2,1-4H3. The van der Waals surface area contributed by atoms with Gasteiger partial charge in [-0.05, 0) is 32.8 Å². The second-order valence-electron chi connectivity index (χ2n) is 5.87. The van der Waals surface area contributed by atoms with Gasteiger partial charge in [-0.15, -0.1) is 0 Å². The van der Waals surface area contributed by atoms with Crippen LogP contribution in [0.15, 0.2) is 30.5 Å². The number of aromatic nitrogens is 2. The summed E-state index contributed by atoms with van der Waals surface area (Å²) in [4.78, 5) is 0. The van der Waals surface area contributed by atoms with Crippen molar-refractivity contribution in [3.8, 4) is 11.3 Å². The number of rotatable bonds is 3. The lowest BCUT2D eigenvalue weighted by Crippen LogP contribution is -2.22. The number of aryl methyl sites for hydroxylation is 1. The van der Waals surface area contributed by atoms with Crippen LogP contribution in [0.4, 0.5) is 0 Å². The van der Waals surface area contributed by atoms with E-state index in [1.165, 1.54) is 5.56 Å². The van der Waals surface area contributed by atoms with Crippen LogP contribution in [0.1, 0.15) is 38.8 Å². The maximum absolute atomic E-state index is 5.85. The monoisotopic (exact) mass is 257 g/mol. The Kier molecular flexibility index (Phi) is 3.76. The van der Waals surface area contributed by atoms with Gasteiger partial charge in [-0.2, -0.15) is 5.10 Å². The van der Waals surface area contributed by atoms with Crippen molar-refractivity contribution in [2.45, 2.75) is 46.2 Å². The van der Waals surface area contributed by atoms with E-state index in [4.69, 9.17) is 10.8 Å². The first-order valence-electron chi connectivity index (χ1n) is 6.84. The van der Waals surface area contributed by atoms with Crippen LogP contribution >= 0.6 is 0 Å². The fraction of sp³-hybridized carbons (Fsp3) is 0.438. The van der Waals surface area contributed by atoms with Gasteiger partial charge in [-0.25, -0.2) is 0 Å². The van der Waals surface area contributed by atoms with Gasteiger partial charge in [0.05, 0.1) is 11.2 Å². The molecule has 0 spiro atoms. The zero-order valence-electron chi connectivity index (χ0n) is 12.3. The molecule has 2 rings (SSSR count). The molecule has 3 nitrogen and oxygen atoms in total. The lowest BCUT2D eigenvalue weighted by Gasteiger charge is -2.18. The highest BCUT2D eigenvalue weighted by atomic mass is 15.3. The van der Waals surface area contributed by atoms with E-state index in [0.29, 0.717) is 6.54 Å². The maximum atomic E-state index is 5.85. The molecule has 1 aromatic carbocycles. The lowest BCUT2D eigenvalue weighted by atomic mass is 10.1. The van der Waals surface area contributed by atoms with Crippen molar-refractivity contribution in [1.29, 1.82) is 0 Å². The minimum Gasteiger partial charge on any atom is -0.326 e. The molecule has 1 heterocycles. The fourth-order valence-corrected chi connectivity index (χ4v) is 2.04. The molecule has 0 saturated carbocycles.